The topological polar surface area (TPSA) is 69.7 Å². The number of piperidine rings is 2. The van der Waals surface area contributed by atoms with E-state index in [2.05, 4.69) is 31.0 Å². The van der Waals surface area contributed by atoms with Gasteiger partial charge in [-0.2, -0.15) is 0 Å². The Labute approximate surface area is 153 Å². The maximum atomic E-state index is 12.5. The molecule has 6 nitrogen and oxygen atoms in total. The van der Waals surface area contributed by atoms with Crippen LogP contribution in [0.1, 0.15) is 47.0 Å². The Morgan fingerprint density at radius 3 is 2.24 bits per heavy atom. The zero-order valence-corrected chi connectivity index (χ0v) is 17.0. The van der Waals surface area contributed by atoms with Crippen LogP contribution in [-0.2, 0) is 14.8 Å². The quantitative estimate of drug-likeness (QED) is 0.767. The van der Waals surface area contributed by atoms with Crippen molar-refractivity contribution in [2.24, 2.45) is 17.8 Å². The van der Waals surface area contributed by atoms with Crippen molar-refractivity contribution >= 4 is 15.9 Å². The van der Waals surface area contributed by atoms with E-state index in [1.54, 1.807) is 6.92 Å². The van der Waals surface area contributed by atoms with Gasteiger partial charge in [0.2, 0.25) is 15.9 Å². The number of sulfonamides is 1. The number of nitrogens with one attached hydrogen (secondary N) is 1. The van der Waals surface area contributed by atoms with E-state index in [0.29, 0.717) is 25.9 Å². The predicted octanol–water partition coefficient (Wildman–Crippen LogP) is 1.53. The van der Waals surface area contributed by atoms with Gasteiger partial charge in [0.1, 0.15) is 0 Å². The third kappa shape index (κ3) is 5.93. The van der Waals surface area contributed by atoms with Gasteiger partial charge in [0.25, 0.3) is 0 Å². The number of rotatable bonds is 6. The molecule has 0 radical (unpaired) electrons. The SMILES string of the molecule is CCS(=O)(=O)N1CCC(C(=O)N[C@@H](C)CN2C[C@H](C)C[C@H](C)C2)CC1. The minimum absolute atomic E-state index is 0.0649. The van der Waals surface area contributed by atoms with Crippen LogP contribution in [0.3, 0.4) is 0 Å². The number of nitrogens with zero attached hydrogens (tertiary/aromatic N) is 2. The molecule has 146 valence electrons. The van der Waals surface area contributed by atoms with Crippen molar-refractivity contribution in [2.75, 3.05) is 38.5 Å². The van der Waals surface area contributed by atoms with Crippen molar-refractivity contribution in [1.29, 1.82) is 0 Å². The van der Waals surface area contributed by atoms with Crippen LogP contribution in [0.15, 0.2) is 0 Å². The number of hydrogen-bond acceptors (Lipinski definition) is 4. The molecule has 25 heavy (non-hydrogen) atoms. The highest BCUT2D eigenvalue weighted by Gasteiger charge is 2.31. The van der Waals surface area contributed by atoms with Crippen LogP contribution in [0.2, 0.25) is 0 Å². The fourth-order valence-corrected chi connectivity index (χ4v) is 5.45. The van der Waals surface area contributed by atoms with Gasteiger partial charge in [0, 0.05) is 44.7 Å². The molecule has 0 unspecified atom stereocenters. The zero-order chi connectivity index (χ0) is 18.6. The highest BCUT2D eigenvalue weighted by molar-refractivity contribution is 7.89. The Balaban J connectivity index is 1.76. The second-order valence-corrected chi connectivity index (χ2v) is 10.4. The molecule has 3 atom stereocenters. The molecule has 7 heteroatoms. The van der Waals surface area contributed by atoms with E-state index >= 15 is 0 Å². The summed E-state index contributed by atoms with van der Waals surface area (Å²) >= 11 is 0. The van der Waals surface area contributed by atoms with Gasteiger partial charge in [-0.15, -0.1) is 0 Å². The van der Waals surface area contributed by atoms with Crippen LogP contribution < -0.4 is 5.32 Å². The van der Waals surface area contributed by atoms with E-state index in [1.807, 2.05) is 0 Å². The van der Waals surface area contributed by atoms with E-state index in [9.17, 15) is 13.2 Å². The molecule has 0 aromatic rings. The van der Waals surface area contributed by atoms with Crippen molar-refractivity contribution in [1.82, 2.24) is 14.5 Å². The molecule has 2 aliphatic heterocycles. The summed E-state index contributed by atoms with van der Waals surface area (Å²) in [6.07, 6.45) is 2.53. The van der Waals surface area contributed by atoms with Gasteiger partial charge in [0.05, 0.1) is 5.75 Å². The average molecular weight is 374 g/mol. The summed E-state index contributed by atoms with van der Waals surface area (Å²) in [6, 6.07) is 0.127. The molecule has 1 N–H and O–H groups in total. The molecule has 2 aliphatic rings. The van der Waals surface area contributed by atoms with E-state index < -0.39 is 10.0 Å². The Hall–Kier alpha value is -0.660. The Morgan fingerprint density at radius 2 is 1.72 bits per heavy atom. The molecule has 0 spiro atoms. The molecule has 2 rings (SSSR count). The molecular formula is C18H35N3O3S. The third-order valence-corrected chi connectivity index (χ3v) is 7.33. The maximum Gasteiger partial charge on any atom is 0.223 e. The minimum Gasteiger partial charge on any atom is -0.352 e. The van der Waals surface area contributed by atoms with Gasteiger partial charge in [-0.05, 0) is 44.9 Å². The summed E-state index contributed by atoms with van der Waals surface area (Å²) in [6.45, 7) is 12.4. The minimum atomic E-state index is -3.13. The average Bonchev–Trinajstić information content (AvgIpc) is 2.53. The monoisotopic (exact) mass is 373 g/mol. The summed E-state index contributed by atoms with van der Waals surface area (Å²) in [5.41, 5.74) is 0. The first-order valence-corrected chi connectivity index (χ1v) is 11.3. The van der Waals surface area contributed by atoms with Crippen LogP contribution in [0.4, 0.5) is 0 Å². The summed E-state index contributed by atoms with van der Waals surface area (Å²) in [5, 5.41) is 3.15. The Morgan fingerprint density at radius 1 is 1.16 bits per heavy atom. The van der Waals surface area contributed by atoms with Crippen molar-refractivity contribution in [2.45, 2.75) is 53.0 Å². The molecule has 0 saturated carbocycles. The number of carbonyl (C=O) groups is 1. The lowest BCUT2D eigenvalue weighted by molar-refractivity contribution is -0.126. The fourth-order valence-electron chi connectivity index (χ4n) is 4.31. The molecule has 0 aromatic heterocycles. The van der Waals surface area contributed by atoms with Crippen LogP contribution in [-0.4, -0.2) is 68.0 Å². The van der Waals surface area contributed by atoms with Crippen molar-refractivity contribution in [3.05, 3.63) is 0 Å². The molecule has 1 amide bonds. The molecule has 0 aliphatic carbocycles. The molecule has 2 fully saturated rings. The number of carbonyl (C=O) groups excluding carboxylic acids is 1. The highest BCUT2D eigenvalue weighted by Crippen LogP contribution is 2.22. The zero-order valence-electron chi connectivity index (χ0n) is 16.2. The second kappa shape index (κ2) is 8.82. The van der Waals surface area contributed by atoms with Crippen molar-refractivity contribution in [3.63, 3.8) is 0 Å². The lowest BCUT2D eigenvalue weighted by Gasteiger charge is -2.37. The van der Waals surface area contributed by atoms with Crippen LogP contribution >= 0.6 is 0 Å². The van der Waals surface area contributed by atoms with E-state index in [4.69, 9.17) is 0 Å². The van der Waals surface area contributed by atoms with Gasteiger partial charge in [-0.3, -0.25) is 4.79 Å². The van der Waals surface area contributed by atoms with Gasteiger partial charge in [0.15, 0.2) is 0 Å². The lowest BCUT2D eigenvalue weighted by Crippen LogP contribution is -2.49. The fraction of sp³-hybridized carbons (Fsp3) is 0.944. The summed E-state index contributed by atoms with van der Waals surface area (Å²) < 4.78 is 25.3. The Kier molecular flexibility index (Phi) is 7.29. The van der Waals surface area contributed by atoms with Crippen molar-refractivity contribution in [3.8, 4) is 0 Å². The van der Waals surface area contributed by atoms with Crippen LogP contribution in [0.5, 0.6) is 0 Å². The van der Waals surface area contributed by atoms with E-state index in [0.717, 1.165) is 31.5 Å². The summed E-state index contributed by atoms with van der Waals surface area (Å²) in [4.78, 5) is 15.0. The lowest BCUT2D eigenvalue weighted by atomic mass is 9.91. The second-order valence-electron chi connectivity index (χ2n) is 8.15. The van der Waals surface area contributed by atoms with Gasteiger partial charge in [-0.1, -0.05) is 13.8 Å². The van der Waals surface area contributed by atoms with E-state index in [1.165, 1.54) is 10.7 Å². The van der Waals surface area contributed by atoms with E-state index in [-0.39, 0.29) is 23.6 Å². The molecule has 0 aromatic carbocycles. The first-order chi connectivity index (χ1) is 11.7. The van der Waals surface area contributed by atoms with Gasteiger partial charge in [-0.25, -0.2) is 12.7 Å². The number of hydrogen-bond donors (Lipinski definition) is 1. The maximum absolute atomic E-state index is 12.5. The van der Waals surface area contributed by atoms with Crippen LogP contribution in [0, 0.1) is 17.8 Å². The molecule has 0 bridgehead atoms. The van der Waals surface area contributed by atoms with Crippen LogP contribution in [0.25, 0.3) is 0 Å². The van der Waals surface area contributed by atoms with Crippen molar-refractivity contribution < 1.29 is 13.2 Å². The molecule has 2 heterocycles. The number of likely N-dealkylation sites (tertiary alicyclic amines) is 1. The molecular weight excluding hydrogens is 338 g/mol. The van der Waals surface area contributed by atoms with Gasteiger partial charge < -0.3 is 10.2 Å². The first-order valence-electron chi connectivity index (χ1n) is 9.71. The third-order valence-electron chi connectivity index (χ3n) is 5.45. The van der Waals surface area contributed by atoms with Gasteiger partial charge >= 0.3 is 0 Å². The Bertz CT molecular complexity index is 534. The first kappa shape index (κ1) is 20.6. The number of amides is 1. The molecule has 2 saturated heterocycles. The smallest absolute Gasteiger partial charge is 0.223 e. The standard InChI is InChI=1S/C18H35N3O3S/c1-5-25(23,24)21-8-6-17(7-9-21)18(22)19-16(4)13-20-11-14(2)10-15(3)12-20/h14-17H,5-13H2,1-4H3,(H,19,22)/t14-,15+,16-/m0/s1. The summed E-state index contributed by atoms with van der Waals surface area (Å²) in [5.74, 6) is 1.59. The largest absolute Gasteiger partial charge is 0.352 e. The summed E-state index contributed by atoms with van der Waals surface area (Å²) in [7, 11) is -3.13. The normalized spacial score (nSPS) is 28.6. The highest BCUT2D eigenvalue weighted by atomic mass is 32.2. The predicted molar refractivity (Wildman–Crippen MR) is 101 cm³/mol.